The van der Waals surface area contributed by atoms with Gasteiger partial charge in [0.05, 0.1) is 5.39 Å². The van der Waals surface area contributed by atoms with Gasteiger partial charge in [-0.2, -0.15) is 0 Å². The summed E-state index contributed by atoms with van der Waals surface area (Å²) in [7, 11) is 0. The van der Waals surface area contributed by atoms with Crippen LogP contribution in [0.5, 0.6) is 5.75 Å². The Balaban J connectivity index is 2.03. The quantitative estimate of drug-likeness (QED) is 0.514. The van der Waals surface area contributed by atoms with Gasteiger partial charge in [-0.05, 0) is 43.5 Å². The van der Waals surface area contributed by atoms with E-state index in [0.29, 0.717) is 23.3 Å². The van der Waals surface area contributed by atoms with Gasteiger partial charge in [0, 0.05) is 11.6 Å². The Hall–Kier alpha value is -2.88. The molecule has 25 heavy (non-hydrogen) atoms. The van der Waals surface area contributed by atoms with Gasteiger partial charge < -0.3 is 9.15 Å². The minimum atomic E-state index is -0.649. The molecule has 0 aliphatic rings. The Morgan fingerprint density at radius 3 is 2.56 bits per heavy atom. The normalized spacial score (nSPS) is 12.1. The summed E-state index contributed by atoms with van der Waals surface area (Å²) in [5.74, 6) is 0.470. The number of Topliss-reactive ketones (excluding diaryl/α,β-unsaturated/α-hetero) is 1. The highest BCUT2D eigenvalue weighted by molar-refractivity contribution is 5.99. The van der Waals surface area contributed by atoms with E-state index in [1.165, 1.54) is 6.07 Å². The van der Waals surface area contributed by atoms with E-state index in [-0.39, 0.29) is 11.4 Å². The first-order valence-electron chi connectivity index (χ1n) is 8.33. The van der Waals surface area contributed by atoms with Crippen LogP contribution in [0, 0.1) is 6.92 Å². The fourth-order valence-corrected chi connectivity index (χ4v) is 2.92. The molecule has 0 saturated carbocycles. The number of fused-ring (bicyclic) bond motifs is 1. The molecule has 1 atom stereocenters. The summed E-state index contributed by atoms with van der Waals surface area (Å²) in [5.41, 5.74) is 2.46. The molecule has 3 aromatic rings. The number of carbonyl (C=O) groups is 1. The van der Waals surface area contributed by atoms with Crippen molar-refractivity contribution in [3.63, 3.8) is 0 Å². The predicted molar refractivity (Wildman–Crippen MR) is 97.5 cm³/mol. The maximum absolute atomic E-state index is 12.6. The lowest BCUT2D eigenvalue weighted by atomic mass is 10.0. The second-order valence-electron chi connectivity index (χ2n) is 6.07. The molecule has 2 aromatic carbocycles. The van der Waals surface area contributed by atoms with Gasteiger partial charge in [-0.15, -0.1) is 0 Å². The van der Waals surface area contributed by atoms with Crippen LogP contribution in [0.2, 0.25) is 0 Å². The Labute approximate surface area is 146 Å². The van der Waals surface area contributed by atoms with Gasteiger partial charge in [-0.3, -0.25) is 4.79 Å². The molecule has 0 aliphatic heterocycles. The van der Waals surface area contributed by atoms with E-state index in [2.05, 4.69) is 0 Å². The molecule has 0 unspecified atom stereocenters. The average molecular weight is 336 g/mol. The summed E-state index contributed by atoms with van der Waals surface area (Å²) >= 11 is 0. The number of aryl methyl sites for hydroxylation is 2. The minimum absolute atomic E-state index is 0.0920. The SMILES string of the molecule is CCc1cc(=O)oc2cc(C)cc(O[C@@H](C)C(=O)c3ccccc3)c12. The fourth-order valence-electron chi connectivity index (χ4n) is 2.92. The molecule has 1 aromatic heterocycles. The largest absolute Gasteiger partial charge is 0.482 e. The summed E-state index contributed by atoms with van der Waals surface area (Å²) in [4.78, 5) is 24.3. The summed E-state index contributed by atoms with van der Waals surface area (Å²) in [6, 6.07) is 14.2. The number of rotatable bonds is 5. The van der Waals surface area contributed by atoms with E-state index >= 15 is 0 Å². The zero-order chi connectivity index (χ0) is 18.0. The zero-order valence-electron chi connectivity index (χ0n) is 14.5. The van der Waals surface area contributed by atoms with Crippen LogP contribution in [-0.2, 0) is 6.42 Å². The summed E-state index contributed by atoms with van der Waals surface area (Å²) in [5, 5.41) is 0.750. The van der Waals surface area contributed by atoms with E-state index < -0.39 is 6.10 Å². The topological polar surface area (TPSA) is 56.5 Å². The second kappa shape index (κ2) is 6.93. The molecular weight excluding hydrogens is 316 g/mol. The van der Waals surface area contributed by atoms with E-state index in [1.807, 2.05) is 44.2 Å². The molecule has 0 amide bonds. The number of ketones is 1. The van der Waals surface area contributed by atoms with Crippen molar-refractivity contribution in [2.75, 3.05) is 0 Å². The monoisotopic (exact) mass is 336 g/mol. The molecule has 0 saturated heterocycles. The van der Waals surface area contributed by atoms with Crippen LogP contribution in [0.4, 0.5) is 0 Å². The van der Waals surface area contributed by atoms with E-state index in [1.54, 1.807) is 19.1 Å². The Bertz CT molecular complexity index is 970. The van der Waals surface area contributed by atoms with E-state index in [9.17, 15) is 9.59 Å². The lowest BCUT2D eigenvalue weighted by molar-refractivity contribution is 0.0820. The maximum atomic E-state index is 12.6. The van der Waals surface area contributed by atoms with Gasteiger partial charge in [-0.25, -0.2) is 4.79 Å². The van der Waals surface area contributed by atoms with E-state index in [0.717, 1.165) is 16.5 Å². The molecule has 0 N–H and O–H groups in total. The smallest absolute Gasteiger partial charge is 0.336 e. The van der Waals surface area contributed by atoms with Crippen LogP contribution in [0.25, 0.3) is 11.0 Å². The summed E-state index contributed by atoms with van der Waals surface area (Å²) < 4.78 is 11.3. The van der Waals surface area contributed by atoms with Crippen LogP contribution < -0.4 is 10.4 Å². The van der Waals surface area contributed by atoms with Gasteiger partial charge in [0.2, 0.25) is 5.78 Å². The molecule has 4 nitrogen and oxygen atoms in total. The second-order valence-corrected chi connectivity index (χ2v) is 6.07. The molecule has 128 valence electrons. The summed E-state index contributed by atoms with van der Waals surface area (Å²) in [6.07, 6.45) is 0.0201. The zero-order valence-corrected chi connectivity index (χ0v) is 14.5. The first-order valence-corrected chi connectivity index (χ1v) is 8.33. The highest BCUT2D eigenvalue weighted by Gasteiger charge is 2.19. The molecule has 3 rings (SSSR count). The van der Waals surface area contributed by atoms with Gasteiger partial charge in [0.15, 0.2) is 6.10 Å². The third-order valence-electron chi connectivity index (χ3n) is 4.15. The molecule has 4 heteroatoms. The molecule has 0 bridgehead atoms. The van der Waals surface area contributed by atoms with Crippen molar-refractivity contribution in [3.8, 4) is 5.75 Å². The van der Waals surface area contributed by atoms with E-state index in [4.69, 9.17) is 9.15 Å². The molecule has 0 spiro atoms. The Morgan fingerprint density at radius 2 is 1.88 bits per heavy atom. The number of hydrogen-bond acceptors (Lipinski definition) is 4. The van der Waals surface area contributed by atoms with Crippen LogP contribution in [-0.4, -0.2) is 11.9 Å². The van der Waals surface area contributed by atoms with Crippen molar-refractivity contribution < 1.29 is 13.9 Å². The van der Waals surface area contributed by atoms with Crippen LogP contribution in [0.3, 0.4) is 0 Å². The van der Waals surface area contributed by atoms with Crippen molar-refractivity contribution in [2.24, 2.45) is 0 Å². The maximum Gasteiger partial charge on any atom is 0.336 e. The number of benzene rings is 2. The van der Waals surface area contributed by atoms with Crippen LogP contribution >= 0.6 is 0 Å². The number of ether oxygens (including phenoxy) is 1. The van der Waals surface area contributed by atoms with Crippen molar-refractivity contribution in [1.29, 1.82) is 0 Å². The lowest BCUT2D eigenvalue weighted by Crippen LogP contribution is -2.24. The van der Waals surface area contributed by atoms with Crippen molar-refractivity contribution in [1.82, 2.24) is 0 Å². The van der Waals surface area contributed by atoms with Gasteiger partial charge in [-0.1, -0.05) is 37.3 Å². The minimum Gasteiger partial charge on any atom is -0.482 e. The first-order chi connectivity index (χ1) is 12.0. The van der Waals surface area contributed by atoms with Crippen LogP contribution in [0.15, 0.2) is 57.7 Å². The van der Waals surface area contributed by atoms with Gasteiger partial charge in [0.1, 0.15) is 11.3 Å². The van der Waals surface area contributed by atoms with Crippen molar-refractivity contribution >= 4 is 16.8 Å². The number of carbonyl (C=O) groups excluding carboxylic acids is 1. The third kappa shape index (κ3) is 3.48. The Kier molecular flexibility index (Phi) is 4.70. The van der Waals surface area contributed by atoms with Crippen molar-refractivity contribution in [3.05, 3.63) is 75.6 Å². The average Bonchev–Trinajstić information content (AvgIpc) is 2.60. The Morgan fingerprint density at radius 1 is 1.16 bits per heavy atom. The highest BCUT2D eigenvalue weighted by Crippen LogP contribution is 2.31. The lowest BCUT2D eigenvalue weighted by Gasteiger charge is -2.17. The van der Waals surface area contributed by atoms with Crippen molar-refractivity contribution in [2.45, 2.75) is 33.3 Å². The highest BCUT2D eigenvalue weighted by atomic mass is 16.5. The molecule has 1 heterocycles. The predicted octanol–water partition coefficient (Wildman–Crippen LogP) is 4.31. The standard InChI is InChI=1S/C21H20O4/c1-4-15-12-19(22)25-18-11-13(2)10-17(20(15)18)24-14(3)21(23)16-8-6-5-7-9-16/h5-12,14H,4H2,1-3H3/t14-/m0/s1. The molecule has 0 aliphatic carbocycles. The first kappa shape index (κ1) is 17.0. The van der Waals surface area contributed by atoms with Crippen LogP contribution in [0.1, 0.15) is 35.3 Å². The van der Waals surface area contributed by atoms with Gasteiger partial charge in [0.25, 0.3) is 0 Å². The third-order valence-corrected chi connectivity index (χ3v) is 4.15. The van der Waals surface area contributed by atoms with Gasteiger partial charge >= 0.3 is 5.63 Å². The fraction of sp³-hybridized carbons (Fsp3) is 0.238. The number of hydrogen-bond donors (Lipinski definition) is 0. The molecule has 0 fully saturated rings. The summed E-state index contributed by atoms with van der Waals surface area (Å²) in [6.45, 7) is 5.60. The molecular formula is C21H20O4. The molecule has 0 radical (unpaired) electrons.